The number of hydrogen-bond donors (Lipinski definition) is 6. The summed E-state index contributed by atoms with van der Waals surface area (Å²) < 4.78 is 104. The van der Waals surface area contributed by atoms with E-state index in [4.69, 9.17) is 33.5 Å². The smallest absolute Gasteiger partial charge is 0.294 e. The van der Waals surface area contributed by atoms with Crippen LogP contribution in [0.4, 0.5) is 59.1 Å². The molecule has 29 nitrogen and oxygen atoms in total. The van der Waals surface area contributed by atoms with Gasteiger partial charge in [-0.3, -0.25) is 34.4 Å². The van der Waals surface area contributed by atoms with E-state index in [0.717, 1.165) is 110 Å². The van der Waals surface area contributed by atoms with E-state index < -0.39 is 71.6 Å². The minimum Gasteiger partial charge on any atom is -0.456 e. The first kappa shape index (κ1) is 81.7. The molecule has 113 heavy (non-hydrogen) atoms. The number of aromatic nitrogens is 9. The highest BCUT2D eigenvalue weighted by atomic mass is 35.5. The Hall–Kier alpha value is -12.3. The summed E-state index contributed by atoms with van der Waals surface area (Å²) in [6.07, 6.45) is 23.4. The number of nitro benzene ring substituents is 2. The lowest BCUT2D eigenvalue weighted by atomic mass is 10.1. The van der Waals surface area contributed by atoms with E-state index in [9.17, 15) is 38.1 Å². The van der Waals surface area contributed by atoms with Crippen LogP contribution in [0, 0.1) is 55.9 Å². The van der Waals surface area contributed by atoms with E-state index in [0.29, 0.717) is 89.7 Å². The van der Waals surface area contributed by atoms with Crippen molar-refractivity contribution in [1.29, 1.82) is 5.26 Å². The average Bonchev–Trinajstić information content (AvgIpc) is 1.62. The number of aryl methyl sites for hydroxylation is 1. The van der Waals surface area contributed by atoms with Crippen molar-refractivity contribution < 1.29 is 56.8 Å². The number of nitriles is 1. The monoisotopic (exact) mass is 1610 g/mol. The van der Waals surface area contributed by atoms with Crippen molar-refractivity contribution in [3.05, 3.63) is 231 Å². The molecule has 6 aromatic heterocycles. The van der Waals surface area contributed by atoms with Gasteiger partial charge in [0.2, 0.25) is 0 Å². The predicted octanol–water partition coefficient (Wildman–Crippen LogP) is 15.2. The van der Waals surface area contributed by atoms with Gasteiger partial charge in [0.05, 0.1) is 63.9 Å². The van der Waals surface area contributed by atoms with Crippen molar-refractivity contribution >= 4 is 124 Å². The highest BCUT2D eigenvalue weighted by Crippen LogP contribution is 2.44. The van der Waals surface area contributed by atoms with Gasteiger partial charge in [-0.15, -0.1) is 0 Å². The third-order valence-electron chi connectivity index (χ3n) is 19.7. The number of hydrogen-bond acceptors (Lipinski definition) is 18. The summed E-state index contributed by atoms with van der Waals surface area (Å²) in [5, 5.41) is 34.0. The first-order valence-electron chi connectivity index (χ1n) is 34.9. The number of nitrogens with two attached hydrogens (primary N) is 3. The molecule has 0 amide bonds. The molecule has 0 radical (unpaired) electrons. The first-order chi connectivity index (χ1) is 53.2. The second-order valence-corrected chi connectivity index (χ2v) is 30.4. The number of benzene rings is 7. The van der Waals surface area contributed by atoms with Gasteiger partial charge < -0.3 is 52.1 Å². The molecule has 16 rings (SSSR count). The molecule has 3 atom stereocenters. The lowest BCUT2D eigenvalue weighted by Crippen LogP contribution is -2.09. The number of nitrogen functional groups attached to an aromatic ring is 3. The Labute approximate surface area is 655 Å². The molecule has 36 heteroatoms. The van der Waals surface area contributed by atoms with E-state index in [1.165, 1.54) is 56.1 Å². The molecular formula is C77H74ClF3N18O11S3. The van der Waals surface area contributed by atoms with Crippen LogP contribution in [0.1, 0.15) is 106 Å². The van der Waals surface area contributed by atoms with Crippen molar-refractivity contribution in [2.24, 2.45) is 0 Å². The topological polar surface area (TPSA) is 471 Å². The number of non-ortho nitro benzene ring substituents is 1. The van der Waals surface area contributed by atoms with Crippen LogP contribution >= 0.6 is 11.6 Å². The van der Waals surface area contributed by atoms with Crippen LogP contribution in [-0.4, -0.2) is 82.5 Å². The molecule has 13 aromatic rings. The second kappa shape index (κ2) is 35.4. The van der Waals surface area contributed by atoms with Crippen molar-refractivity contribution in [2.75, 3.05) is 31.4 Å². The van der Waals surface area contributed by atoms with Gasteiger partial charge >= 0.3 is 0 Å². The van der Waals surface area contributed by atoms with Crippen molar-refractivity contribution in [1.82, 2.24) is 43.6 Å². The van der Waals surface area contributed by atoms with Crippen LogP contribution in [-0.2, 0) is 33.0 Å². The van der Waals surface area contributed by atoms with Crippen LogP contribution in [0.5, 0.6) is 11.5 Å². The highest BCUT2D eigenvalue weighted by molar-refractivity contribution is 7.87. The van der Waals surface area contributed by atoms with Gasteiger partial charge in [0, 0.05) is 59.5 Å². The number of halogens is 4. The number of rotatable bonds is 19. The molecule has 3 aliphatic rings. The Morgan fingerprint density at radius 2 is 0.920 bits per heavy atom. The summed E-state index contributed by atoms with van der Waals surface area (Å²) >= 11 is 6.06. The standard InChI is InChI=1S/C30H24ClFN6O2S.C24H24FN5OS.C23H20FN7O5S.3H2O/c31-24-6-3-7-27(22(24)15-33)40-20-9-11-21(12-10-20)41(39)37-26-13-8-18(14-25(26)32)23-16-38(19-4-1-2-5-19)30-28(23)29(34)35-17-36-30;1-15-6-2-5-9-21(15)32(31)29-20-11-10-16(12-19(20)25)18-13-30(17-7-3-4-8-17)24-22(18)23(26)27-14-28-24;24-17-9-13(16-11-29(14-3-1-2-4-14)23-21(16)22(25)26-12-27-23)5-7-18(17)28-37(36)20-8-6-15(30(32)33)10-19(20)31(34)35;;;/h3,6-14,16-17,19,37H,1-2,4-5H2,(H2,34,35,36);2,5-6,9-14,17,29H,3-4,7-8H2,1H3,(H2,26,27,28);5-12,14,28H,1-4H2,(H2,25,26,27);3*1H2. The van der Waals surface area contributed by atoms with Crippen molar-refractivity contribution in [2.45, 2.75) is 117 Å². The van der Waals surface area contributed by atoms with Crippen molar-refractivity contribution in [3.63, 3.8) is 0 Å². The van der Waals surface area contributed by atoms with E-state index >= 15 is 13.2 Å². The van der Waals surface area contributed by atoms with Gasteiger partial charge in [0.1, 0.15) is 110 Å². The molecule has 0 aliphatic heterocycles. The third-order valence-corrected chi connectivity index (χ3v) is 23.5. The van der Waals surface area contributed by atoms with Gasteiger partial charge in [-0.05, 0) is 153 Å². The summed E-state index contributed by atoms with van der Waals surface area (Å²) in [7, 11) is -5.58. The second-order valence-electron chi connectivity index (χ2n) is 26.5. The first-order valence-corrected chi connectivity index (χ1v) is 38.8. The molecule has 584 valence electrons. The zero-order chi connectivity index (χ0) is 77.0. The Balaban J connectivity index is 0.000000166. The molecule has 3 unspecified atom stereocenters. The van der Waals surface area contributed by atoms with Gasteiger partial charge in [-0.25, -0.2) is 55.7 Å². The van der Waals surface area contributed by atoms with E-state index in [-0.39, 0.29) is 60.8 Å². The summed E-state index contributed by atoms with van der Waals surface area (Å²) in [6, 6.07) is 38.1. The Bertz CT molecular complexity index is 5880. The number of anilines is 6. The molecule has 15 N–H and O–H groups in total. The fourth-order valence-electron chi connectivity index (χ4n) is 14.3. The molecule has 0 spiro atoms. The fourth-order valence-corrected chi connectivity index (χ4v) is 17.4. The van der Waals surface area contributed by atoms with E-state index in [1.54, 1.807) is 78.9 Å². The summed E-state index contributed by atoms with van der Waals surface area (Å²) in [6.45, 7) is 1.88. The van der Waals surface area contributed by atoms with Crippen LogP contribution in [0.3, 0.4) is 0 Å². The molecular weight excluding hydrogens is 1540 g/mol. The molecule has 7 aromatic carbocycles. The molecule has 6 heterocycles. The number of nitrogens with one attached hydrogen (secondary N) is 3. The Kier molecular flexibility index (Phi) is 25.6. The van der Waals surface area contributed by atoms with Gasteiger partial charge in [-0.1, -0.05) is 92.6 Å². The number of ether oxygens (including phenoxy) is 1. The van der Waals surface area contributed by atoms with Crippen LogP contribution < -0.4 is 36.1 Å². The summed E-state index contributed by atoms with van der Waals surface area (Å²) in [5.74, 6) is -0.0610. The third kappa shape index (κ3) is 17.1. The highest BCUT2D eigenvalue weighted by Gasteiger charge is 2.30. The van der Waals surface area contributed by atoms with Gasteiger partial charge in [0.25, 0.3) is 11.4 Å². The lowest BCUT2D eigenvalue weighted by Gasteiger charge is -2.12. The minimum absolute atomic E-state index is 0. The molecule has 3 fully saturated rings. The maximum absolute atomic E-state index is 15.3. The molecule has 3 aliphatic carbocycles. The maximum Gasteiger partial charge on any atom is 0.294 e. The number of fused-ring (bicyclic) bond motifs is 3. The zero-order valence-corrected chi connectivity index (χ0v) is 63.3. The molecule has 0 bridgehead atoms. The predicted molar refractivity (Wildman–Crippen MR) is 429 cm³/mol. The fraction of sp³-hybridized carbons (Fsp3) is 0.208. The van der Waals surface area contributed by atoms with E-state index in [1.807, 2.05) is 49.8 Å². The van der Waals surface area contributed by atoms with Crippen LogP contribution in [0.15, 0.2) is 192 Å². The molecule has 0 saturated heterocycles. The maximum atomic E-state index is 15.3. The zero-order valence-electron chi connectivity index (χ0n) is 60.1. The van der Waals surface area contributed by atoms with Gasteiger partial charge in [-0.2, -0.15) is 5.26 Å². The summed E-state index contributed by atoms with van der Waals surface area (Å²) in [5.41, 5.74) is 24.8. The van der Waals surface area contributed by atoms with Crippen LogP contribution in [0.2, 0.25) is 5.02 Å². The SMILES string of the molecule is Cc1ccccc1S(=O)Nc1ccc(-c2cn(C3CCCC3)c3ncnc(N)c23)cc1F.N#Cc1c(Cl)cccc1Oc1ccc(S(=O)Nc2ccc(-c3cn(C4CCCC4)c4ncnc(N)c34)cc2F)cc1.Nc1ncnc2c1c(-c1ccc(NS(=O)c3ccc([N+](=O)[O-])cc3[N+](=O)[O-])c(F)c1)cn2C1CCCC1.O.O.O. The molecule has 3 saturated carbocycles. The summed E-state index contributed by atoms with van der Waals surface area (Å²) in [4.78, 5) is 47.2. The van der Waals surface area contributed by atoms with Gasteiger partial charge in [0.15, 0.2) is 22.0 Å². The average molecular weight is 1620 g/mol. The number of nitro groups is 2. The van der Waals surface area contributed by atoms with Crippen LogP contribution in [0.25, 0.3) is 66.5 Å². The quantitative estimate of drug-likeness (QED) is 0.0323. The lowest BCUT2D eigenvalue weighted by molar-refractivity contribution is -0.396. The Morgan fingerprint density at radius 3 is 1.31 bits per heavy atom. The van der Waals surface area contributed by atoms with E-state index in [2.05, 4.69) is 57.8 Å². The minimum atomic E-state index is -2.27. The largest absolute Gasteiger partial charge is 0.456 e. The Morgan fingerprint density at radius 1 is 0.513 bits per heavy atom. The normalized spacial score (nSPS) is 14.3. The number of nitrogens with zero attached hydrogens (tertiary/aromatic N) is 12. The van der Waals surface area contributed by atoms with Crippen molar-refractivity contribution in [3.8, 4) is 50.9 Å².